The molecule has 1 aliphatic heterocycles. The van der Waals surface area contributed by atoms with Crippen molar-refractivity contribution in [3.8, 4) is 0 Å². The summed E-state index contributed by atoms with van der Waals surface area (Å²) in [5.74, 6) is 0.926. The highest BCUT2D eigenvalue weighted by atomic mass is 79.9. The van der Waals surface area contributed by atoms with E-state index >= 15 is 0 Å². The summed E-state index contributed by atoms with van der Waals surface area (Å²) in [4.78, 5) is 6.94. The largest absolute Gasteiger partial charge is 0.294 e. The van der Waals surface area contributed by atoms with Crippen LogP contribution in [0.5, 0.6) is 0 Å². The zero-order valence-electron chi connectivity index (χ0n) is 13.1. The maximum atomic E-state index is 4.68. The number of hydrogen-bond acceptors (Lipinski definition) is 2. The molecule has 0 fully saturated rings. The van der Waals surface area contributed by atoms with Crippen LogP contribution in [0.3, 0.4) is 0 Å². The highest BCUT2D eigenvalue weighted by Gasteiger charge is 2.36. The summed E-state index contributed by atoms with van der Waals surface area (Å²) < 4.78 is 0.842. The van der Waals surface area contributed by atoms with Crippen LogP contribution >= 0.6 is 15.9 Å². The second kappa shape index (κ2) is 5.20. The third kappa shape index (κ3) is 2.19. The molecule has 3 aromatic rings. The van der Waals surface area contributed by atoms with E-state index in [4.69, 9.17) is 0 Å². The fourth-order valence-electron chi connectivity index (χ4n) is 3.44. The van der Waals surface area contributed by atoms with Gasteiger partial charge in [0, 0.05) is 5.41 Å². The molecule has 3 heteroatoms. The van der Waals surface area contributed by atoms with E-state index in [-0.39, 0.29) is 5.41 Å². The van der Waals surface area contributed by atoms with Crippen LogP contribution in [0.2, 0.25) is 0 Å². The van der Waals surface area contributed by atoms with Crippen molar-refractivity contribution in [1.82, 2.24) is 4.98 Å². The van der Waals surface area contributed by atoms with Crippen molar-refractivity contribution >= 4 is 33.1 Å². The van der Waals surface area contributed by atoms with Gasteiger partial charge in [-0.1, -0.05) is 56.3 Å². The SMILES string of the molecule is CC1(C)c2ccccc2N(c2cccc(Br)n2)c2ccccc21. The van der Waals surface area contributed by atoms with Crippen LogP contribution in [0.15, 0.2) is 71.3 Å². The number of halogens is 1. The second-order valence-electron chi connectivity index (χ2n) is 6.31. The highest BCUT2D eigenvalue weighted by molar-refractivity contribution is 9.10. The maximum absolute atomic E-state index is 4.68. The minimum atomic E-state index is -0.0320. The van der Waals surface area contributed by atoms with E-state index in [1.807, 2.05) is 12.1 Å². The summed E-state index contributed by atoms with van der Waals surface area (Å²) in [5, 5.41) is 0. The lowest BCUT2D eigenvalue weighted by Crippen LogP contribution is -2.30. The van der Waals surface area contributed by atoms with Crippen LogP contribution in [0.4, 0.5) is 17.2 Å². The standard InChI is InChI=1S/C20H17BrN2/c1-20(2)14-8-3-5-10-16(14)23(17-11-6-4-9-15(17)20)19-13-7-12-18(21)22-19/h3-13H,1-2H3. The summed E-state index contributed by atoms with van der Waals surface area (Å²) in [6.45, 7) is 4.58. The van der Waals surface area contributed by atoms with Gasteiger partial charge in [0.2, 0.25) is 0 Å². The Bertz CT molecular complexity index is 837. The Morgan fingerprint density at radius 3 is 1.91 bits per heavy atom. The minimum absolute atomic E-state index is 0.0320. The Hall–Kier alpha value is -2.13. The predicted octanol–water partition coefficient (Wildman–Crippen LogP) is 5.95. The van der Waals surface area contributed by atoms with E-state index in [0.29, 0.717) is 0 Å². The first kappa shape index (κ1) is 14.5. The molecule has 0 atom stereocenters. The molecule has 0 amide bonds. The topological polar surface area (TPSA) is 16.1 Å². The first-order valence-corrected chi connectivity index (χ1v) is 8.50. The molecule has 1 aliphatic rings. The normalized spacial score (nSPS) is 15.0. The van der Waals surface area contributed by atoms with Crippen molar-refractivity contribution in [2.75, 3.05) is 4.90 Å². The fraction of sp³-hybridized carbons (Fsp3) is 0.150. The molecule has 2 nitrogen and oxygen atoms in total. The second-order valence-corrected chi connectivity index (χ2v) is 7.13. The number of aromatic nitrogens is 1. The molecule has 23 heavy (non-hydrogen) atoms. The summed E-state index contributed by atoms with van der Waals surface area (Å²) in [5.41, 5.74) is 5.00. The van der Waals surface area contributed by atoms with Crippen LogP contribution in [-0.4, -0.2) is 4.98 Å². The van der Waals surface area contributed by atoms with E-state index in [2.05, 4.69) is 94.3 Å². The molecule has 4 rings (SSSR count). The molecule has 0 spiro atoms. The van der Waals surface area contributed by atoms with Crippen LogP contribution in [0, 0.1) is 0 Å². The number of rotatable bonds is 1. The number of pyridine rings is 1. The van der Waals surface area contributed by atoms with Crippen LogP contribution in [0.25, 0.3) is 0 Å². The van der Waals surface area contributed by atoms with E-state index in [1.54, 1.807) is 0 Å². The molecule has 1 aromatic heterocycles. The Morgan fingerprint density at radius 1 is 0.783 bits per heavy atom. The monoisotopic (exact) mass is 364 g/mol. The molecule has 0 aliphatic carbocycles. The predicted molar refractivity (Wildman–Crippen MR) is 98.7 cm³/mol. The van der Waals surface area contributed by atoms with Gasteiger partial charge in [0.25, 0.3) is 0 Å². The van der Waals surface area contributed by atoms with Gasteiger partial charge in [-0.05, 0) is 51.3 Å². The Labute approximate surface area is 144 Å². The molecule has 114 valence electrons. The summed E-state index contributed by atoms with van der Waals surface area (Å²) in [6, 6.07) is 23.2. The van der Waals surface area contributed by atoms with Crippen molar-refractivity contribution in [3.05, 3.63) is 82.5 Å². The average molecular weight is 365 g/mol. The maximum Gasteiger partial charge on any atom is 0.138 e. The summed E-state index contributed by atoms with van der Waals surface area (Å²) in [6.07, 6.45) is 0. The van der Waals surface area contributed by atoms with Gasteiger partial charge in [-0.3, -0.25) is 4.90 Å². The lowest BCUT2D eigenvalue weighted by Gasteiger charge is -2.41. The number of fused-ring (bicyclic) bond motifs is 2. The quantitative estimate of drug-likeness (QED) is 0.495. The lowest BCUT2D eigenvalue weighted by atomic mass is 9.73. The molecular weight excluding hydrogens is 348 g/mol. The molecule has 0 saturated heterocycles. The van der Waals surface area contributed by atoms with E-state index < -0.39 is 0 Å². The van der Waals surface area contributed by atoms with Gasteiger partial charge in [0.1, 0.15) is 10.4 Å². The van der Waals surface area contributed by atoms with Crippen molar-refractivity contribution in [2.45, 2.75) is 19.3 Å². The zero-order valence-corrected chi connectivity index (χ0v) is 14.7. The van der Waals surface area contributed by atoms with E-state index in [1.165, 1.54) is 22.5 Å². The number of benzene rings is 2. The van der Waals surface area contributed by atoms with E-state index in [9.17, 15) is 0 Å². The van der Waals surface area contributed by atoms with Gasteiger partial charge in [0.15, 0.2) is 0 Å². The van der Waals surface area contributed by atoms with Crippen molar-refractivity contribution in [1.29, 1.82) is 0 Å². The van der Waals surface area contributed by atoms with Crippen LogP contribution in [0.1, 0.15) is 25.0 Å². The molecule has 0 N–H and O–H groups in total. The van der Waals surface area contributed by atoms with E-state index in [0.717, 1.165) is 10.4 Å². The number of nitrogens with zero attached hydrogens (tertiary/aromatic N) is 2. The van der Waals surface area contributed by atoms with Gasteiger partial charge in [-0.15, -0.1) is 0 Å². The van der Waals surface area contributed by atoms with Gasteiger partial charge < -0.3 is 0 Å². The summed E-state index contributed by atoms with van der Waals surface area (Å²) >= 11 is 3.49. The molecular formula is C20H17BrN2. The third-order valence-electron chi connectivity index (χ3n) is 4.57. The average Bonchev–Trinajstić information content (AvgIpc) is 2.55. The molecule has 0 unspecified atom stereocenters. The Balaban J connectivity index is 2.04. The van der Waals surface area contributed by atoms with Gasteiger partial charge in [0.05, 0.1) is 11.4 Å². The third-order valence-corrected chi connectivity index (χ3v) is 5.01. The molecule has 2 heterocycles. The van der Waals surface area contributed by atoms with Crippen LogP contribution in [-0.2, 0) is 5.41 Å². The molecule has 0 bridgehead atoms. The van der Waals surface area contributed by atoms with Gasteiger partial charge in [-0.25, -0.2) is 4.98 Å². The molecule has 0 radical (unpaired) electrons. The van der Waals surface area contributed by atoms with Gasteiger partial charge >= 0.3 is 0 Å². The van der Waals surface area contributed by atoms with Crippen LogP contribution < -0.4 is 4.90 Å². The zero-order chi connectivity index (χ0) is 16.0. The smallest absolute Gasteiger partial charge is 0.138 e. The Kier molecular flexibility index (Phi) is 3.27. The first-order valence-electron chi connectivity index (χ1n) is 7.71. The molecule has 2 aromatic carbocycles. The number of hydrogen-bond donors (Lipinski definition) is 0. The Morgan fingerprint density at radius 2 is 1.35 bits per heavy atom. The first-order chi connectivity index (χ1) is 11.1. The number of anilines is 3. The van der Waals surface area contributed by atoms with Crippen molar-refractivity contribution < 1.29 is 0 Å². The fourth-order valence-corrected chi connectivity index (χ4v) is 3.77. The van der Waals surface area contributed by atoms with Crippen molar-refractivity contribution in [3.63, 3.8) is 0 Å². The lowest BCUT2D eigenvalue weighted by molar-refractivity contribution is 0.631. The van der Waals surface area contributed by atoms with Gasteiger partial charge in [-0.2, -0.15) is 0 Å². The minimum Gasteiger partial charge on any atom is -0.294 e. The number of para-hydroxylation sites is 2. The molecule has 0 saturated carbocycles. The highest BCUT2D eigenvalue weighted by Crippen LogP contribution is 2.51. The summed E-state index contributed by atoms with van der Waals surface area (Å²) in [7, 11) is 0. The van der Waals surface area contributed by atoms with Crippen molar-refractivity contribution in [2.24, 2.45) is 0 Å².